The Morgan fingerprint density at radius 3 is 1.86 bits per heavy atom. The standard InChI is InChI=1S/C9H13N.2C2H6/c1-4-9-6-7(2)5-8(3)10-9;2*1-2/h5-6H,4H2,1-3H3;2*1-2H3. The number of hydrogen-bond acceptors (Lipinski definition) is 1. The van der Waals surface area contributed by atoms with Crippen molar-refractivity contribution in [3.05, 3.63) is 29.1 Å². The number of aryl methyl sites for hydroxylation is 3. The van der Waals surface area contributed by atoms with Crippen molar-refractivity contribution in [1.82, 2.24) is 4.98 Å². The molecule has 1 aromatic heterocycles. The monoisotopic (exact) mass is 195 g/mol. The molecule has 0 N–H and O–H groups in total. The third-order valence-corrected chi connectivity index (χ3v) is 1.51. The molecule has 0 unspecified atom stereocenters. The molecule has 14 heavy (non-hydrogen) atoms. The first-order valence-corrected chi connectivity index (χ1v) is 5.66. The van der Waals surface area contributed by atoms with Crippen molar-refractivity contribution in [2.75, 3.05) is 0 Å². The Balaban J connectivity index is 0. The van der Waals surface area contributed by atoms with Crippen LogP contribution in [0.1, 0.15) is 51.6 Å². The molecule has 0 aliphatic carbocycles. The summed E-state index contributed by atoms with van der Waals surface area (Å²) in [6, 6.07) is 4.23. The van der Waals surface area contributed by atoms with Crippen LogP contribution in [-0.4, -0.2) is 4.98 Å². The number of rotatable bonds is 1. The lowest BCUT2D eigenvalue weighted by molar-refractivity contribution is 0.997. The second-order valence-corrected chi connectivity index (χ2v) is 2.63. The van der Waals surface area contributed by atoms with Crippen LogP contribution in [0.25, 0.3) is 0 Å². The van der Waals surface area contributed by atoms with Crippen molar-refractivity contribution in [1.29, 1.82) is 0 Å². The zero-order chi connectivity index (χ0) is 11.6. The van der Waals surface area contributed by atoms with Crippen molar-refractivity contribution in [3.8, 4) is 0 Å². The minimum Gasteiger partial charge on any atom is -0.258 e. The third-order valence-electron chi connectivity index (χ3n) is 1.51. The van der Waals surface area contributed by atoms with Crippen LogP contribution >= 0.6 is 0 Å². The molecule has 1 heterocycles. The van der Waals surface area contributed by atoms with Gasteiger partial charge < -0.3 is 0 Å². The van der Waals surface area contributed by atoms with E-state index in [1.54, 1.807) is 0 Å². The van der Waals surface area contributed by atoms with E-state index in [1.807, 2.05) is 34.6 Å². The van der Waals surface area contributed by atoms with Gasteiger partial charge in [0, 0.05) is 11.4 Å². The summed E-state index contributed by atoms with van der Waals surface area (Å²) in [6.45, 7) is 14.3. The molecule has 0 spiro atoms. The van der Waals surface area contributed by atoms with E-state index < -0.39 is 0 Å². The van der Waals surface area contributed by atoms with Crippen LogP contribution in [0, 0.1) is 13.8 Å². The van der Waals surface area contributed by atoms with E-state index >= 15 is 0 Å². The zero-order valence-electron chi connectivity index (χ0n) is 10.8. The van der Waals surface area contributed by atoms with Gasteiger partial charge in [-0.3, -0.25) is 4.98 Å². The van der Waals surface area contributed by atoms with E-state index in [0.717, 1.165) is 12.1 Å². The topological polar surface area (TPSA) is 12.9 Å². The Kier molecular flexibility index (Phi) is 11.4. The summed E-state index contributed by atoms with van der Waals surface area (Å²) in [5.74, 6) is 0. The van der Waals surface area contributed by atoms with Crippen LogP contribution < -0.4 is 0 Å². The highest BCUT2D eigenvalue weighted by atomic mass is 14.7. The van der Waals surface area contributed by atoms with Crippen molar-refractivity contribution in [2.45, 2.75) is 54.9 Å². The van der Waals surface area contributed by atoms with Gasteiger partial charge in [-0.2, -0.15) is 0 Å². The molecule has 0 fully saturated rings. The van der Waals surface area contributed by atoms with E-state index in [0.29, 0.717) is 0 Å². The summed E-state index contributed by atoms with van der Waals surface area (Å²) in [4.78, 5) is 4.35. The van der Waals surface area contributed by atoms with E-state index in [2.05, 4.69) is 31.0 Å². The van der Waals surface area contributed by atoms with Gasteiger partial charge in [0.05, 0.1) is 0 Å². The van der Waals surface area contributed by atoms with Crippen LogP contribution in [-0.2, 0) is 6.42 Å². The zero-order valence-corrected chi connectivity index (χ0v) is 10.8. The minimum atomic E-state index is 1.03. The van der Waals surface area contributed by atoms with Crippen LogP contribution in [0.2, 0.25) is 0 Å². The van der Waals surface area contributed by atoms with Crippen molar-refractivity contribution >= 4 is 0 Å². The van der Waals surface area contributed by atoms with Gasteiger partial charge >= 0.3 is 0 Å². The summed E-state index contributed by atoms with van der Waals surface area (Å²) in [5.41, 5.74) is 3.62. The molecule has 1 aromatic rings. The third kappa shape index (κ3) is 6.64. The Morgan fingerprint density at radius 1 is 1.00 bits per heavy atom. The Bertz CT molecular complexity index is 208. The summed E-state index contributed by atoms with van der Waals surface area (Å²) in [7, 11) is 0. The molecular weight excluding hydrogens is 170 g/mol. The average Bonchev–Trinajstić information content (AvgIpc) is 2.22. The van der Waals surface area contributed by atoms with Crippen LogP contribution in [0.15, 0.2) is 12.1 Å². The molecule has 82 valence electrons. The molecule has 1 rings (SSSR count). The van der Waals surface area contributed by atoms with Crippen LogP contribution in [0.5, 0.6) is 0 Å². The largest absolute Gasteiger partial charge is 0.258 e. The van der Waals surface area contributed by atoms with Crippen LogP contribution in [0.4, 0.5) is 0 Å². The van der Waals surface area contributed by atoms with E-state index in [9.17, 15) is 0 Å². The molecule has 0 aliphatic heterocycles. The lowest BCUT2D eigenvalue weighted by Gasteiger charge is -1.99. The highest BCUT2D eigenvalue weighted by Crippen LogP contribution is 2.03. The van der Waals surface area contributed by atoms with Crippen molar-refractivity contribution in [3.63, 3.8) is 0 Å². The molecular formula is C13H25N. The SMILES string of the molecule is CC.CC.CCc1cc(C)cc(C)n1. The lowest BCUT2D eigenvalue weighted by atomic mass is 10.2. The smallest absolute Gasteiger partial charge is 0.0406 e. The van der Waals surface area contributed by atoms with Gasteiger partial charge in [-0.05, 0) is 38.0 Å². The normalized spacial score (nSPS) is 7.93. The molecule has 1 nitrogen and oxygen atoms in total. The Labute approximate surface area is 89.6 Å². The quantitative estimate of drug-likeness (QED) is 0.650. The summed E-state index contributed by atoms with van der Waals surface area (Å²) in [5, 5.41) is 0. The second kappa shape index (κ2) is 10.2. The molecule has 0 bridgehead atoms. The van der Waals surface area contributed by atoms with E-state index in [-0.39, 0.29) is 0 Å². The van der Waals surface area contributed by atoms with Gasteiger partial charge in [-0.1, -0.05) is 34.6 Å². The van der Waals surface area contributed by atoms with Crippen molar-refractivity contribution < 1.29 is 0 Å². The fraction of sp³-hybridized carbons (Fsp3) is 0.615. The maximum atomic E-state index is 4.35. The molecule has 0 amide bonds. The highest BCUT2D eigenvalue weighted by molar-refractivity contribution is 5.19. The van der Waals surface area contributed by atoms with Crippen LogP contribution in [0.3, 0.4) is 0 Å². The van der Waals surface area contributed by atoms with Gasteiger partial charge in [-0.15, -0.1) is 0 Å². The summed E-state index contributed by atoms with van der Waals surface area (Å²) in [6.07, 6.45) is 1.03. The lowest BCUT2D eigenvalue weighted by Crippen LogP contribution is -1.90. The van der Waals surface area contributed by atoms with Gasteiger partial charge in [0.1, 0.15) is 0 Å². The first kappa shape index (κ1) is 15.6. The fourth-order valence-corrected chi connectivity index (χ4v) is 1.11. The summed E-state index contributed by atoms with van der Waals surface area (Å²) < 4.78 is 0. The minimum absolute atomic E-state index is 1.03. The molecule has 0 saturated heterocycles. The first-order valence-electron chi connectivity index (χ1n) is 5.66. The van der Waals surface area contributed by atoms with Gasteiger partial charge in [0.15, 0.2) is 0 Å². The molecule has 0 aliphatic rings. The number of pyridine rings is 1. The van der Waals surface area contributed by atoms with Crippen molar-refractivity contribution in [2.24, 2.45) is 0 Å². The summed E-state index contributed by atoms with van der Waals surface area (Å²) >= 11 is 0. The van der Waals surface area contributed by atoms with E-state index in [1.165, 1.54) is 11.3 Å². The number of hydrogen-bond donors (Lipinski definition) is 0. The molecule has 0 aromatic carbocycles. The molecule has 0 saturated carbocycles. The highest BCUT2D eigenvalue weighted by Gasteiger charge is 1.92. The average molecular weight is 195 g/mol. The maximum Gasteiger partial charge on any atom is 0.0406 e. The Morgan fingerprint density at radius 2 is 1.50 bits per heavy atom. The number of aromatic nitrogens is 1. The molecule has 0 atom stereocenters. The second-order valence-electron chi connectivity index (χ2n) is 2.63. The van der Waals surface area contributed by atoms with Gasteiger partial charge in [0.25, 0.3) is 0 Å². The Hall–Kier alpha value is -0.850. The van der Waals surface area contributed by atoms with Gasteiger partial charge in [-0.25, -0.2) is 0 Å². The van der Waals surface area contributed by atoms with Gasteiger partial charge in [0.2, 0.25) is 0 Å². The molecule has 1 heteroatoms. The number of nitrogens with zero attached hydrogens (tertiary/aromatic N) is 1. The predicted molar refractivity (Wildman–Crippen MR) is 65.8 cm³/mol. The maximum absolute atomic E-state index is 4.35. The fourth-order valence-electron chi connectivity index (χ4n) is 1.11. The predicted octanol–water partition coefficient (Wildman–Crippen LogP) is 4.31. The molecule has 0 radical (unpaired) electrons. The van der Waals surface area contributed by atoms with E-state index in [4.69, 9.17) is 0 Å². The first-order chi connectivity index (χ1) is 6.72.